The van der Waals surface area contributed by atoms with Gasteiger partial charge in [0.05, 0.1) is 18.4 Å². The Balaban J connectivity index is 1.69. The van der Waals surface area contributed by atoms with E-state index in [1.54, 1.807) is 45.0 Å². The van der Waals surface area contributed by atoms with Crippen LogP contribution in [0.3, 0.4) is 0 Å². The second-order valence-electron chi connectivity index (χ2n) is 6.25. The minimum atomic E-state index is -0.499. The van der Waals surface area contributed by atoms with Gasteiger partial charge in [0.25, 0.3) is 5.91 Å². The molecule has 2 aromatic heterocycles. The molecule has 2 heterocycles. The molecule has 0 atom stereocenters. The van der Waals surface area contributed by atoms with Gasteiger partial charge in [0.15, 0.2) is 0 Å². The Morgan fingerprint density at radius 1 is 1.21 bits per heavy atom. The first-order chi connectivity index (χ1) is 13.9. The zero-order valence-corrected chi connectivity index (χ0v) is 17.0. The number of aromatic amines is 1. The van der Waals surface area contributed by atoms with E-state index >= 15 is 0 Å². The number of nitrogens with zero attached hydrogens (tertiary/aromatic N) is 1. The van der Waals surface area contributed by atoms with Crippen molar-refractivity contribution in [1.29, 1.82) is 0 Å². The number of nitrogens with one attached hydrogen (secondary N) is 2. The van der Waals surface area contributed by atoms with Crippen molar-refractivity contribution in [3.05, 3.63) is 69.7 Å². The van der Waals surface area contributed by atoms with Crippen LogP contribution >= 0.6 is 11.6 Å². The Morgan fingerprint density at radius 3 is 2.62 bits per heavy atom. The number of aromatic nitrogens is 1. The van der Waals surface area contributed by atoms with Gasteiger partial charge in [-0.2, -0.15) is 5.10 Å². The predicted molar refractivity (Wildman–Crippen MR) is 110 cm³/mol. The maximum absolute atomic E-state index is 12.5. The van der Waals surface area contributed by atoms with Crippen molar-refractivity contribution in [2.45, 2.75) is 20.8 Å². The van der Waals surface area contributed by atoms with Crippen LogP contribution in [-0.2, 0) is 4.74 Å². The van der Waals surface area contributed by atoms with E-state index in [0.29, 0.717) is 33.4 Å². The lowest BCUT2D eigenvalue weighted by atomic mass is 10.1. The summed E-state index contributed by atoms with van der Waals surface area (Å²) in [5.74, 6) is 0.198. The lowest BCUT2D eigenvalue weighted by molar-refractivity contribution is 0.0519. The molecule has 150 valence electrons. The van der Waals surface area contributed by atoms with Crippen LogP contribution in [0.1, 0.15) is 44.8 Å². The number of H-pyrrole nitrogens is 1. The number of hydrogen-bond acceptors (Lipinski definition) is 5. The van der Waals surface area contributed by atoms with Gasteiger partial charge < -0.3 is 14.1 Å². The fourth-order valence-electron chi connectivity index (χ4n) is 2.90. The smallest absolute Gasteiger partial charge is 0.355 e. The summed E-state index contributed by atoms with van der Waals surface area (Å²) in [5, 5.41) is 4.59. The number of rotatable bonds is 6. The van der Waals surface area contributed by atoms with Gasteiger partial charge in [-0.1, -0.05) is 11.6 Å². The Kier molecular flexibility index (Phi) is 6.19. The third kappa shape index (κ3) is 4.57. The summed E-state index contributed by atoms with van der Waals surface area (Å²) in [5.41, 5.74) is 5.01. The molecule has 29 heavy (non-hydrogen) atoms. The number of halogens is 1. The van der Waals surface area contributed by atoms with Crippen molar-refractivity contribution < 1.29 is 18.7 Å². The molecule has 0 spiro atoms. The molecule has 1 amide bonds. The first kappa shape index (κ1) is 20.4. The molecule has 0 radical (unpaired) electrons. The van der Waals surface area contributed by atoms with Gasteiger partial charge in [0.2, 0.25) is 0 Å². The summed E-state index contributed by atoms with van der Waals surface area (Å²) >= 11 is 5.89. The number of benzene rings is 1. The monoisotopic (exact) mass is 413 g/mol. The molecule has 3 rings (SSSR count). The second-order valence-corrected chi connectivity index (χ2v) is 6.69. The topological polar surface area (TPSA) is 96.7 Å². The summed E-state index contributed by atoms with van der Waals surface area (Å²) in [7, 11) is 0. The Hall–Kier alpha value is -3.32. The van der Waals surface area contributed by atoms with Crippen molar-refractivity contribution >= 4 is 29.7 Å². The average Bonchev–Trinajstić information content (AvgIpc) is 3.27. The van der Waals surface area contributed by atoms with Gasteiger partial charge in [-0.15, -0.1) is 0 Å². The third-order valence-corrected chi connectivity index (χ3v) is 4.51. The molecule has 0 saturated carbocycles. The standard InChI is InChI=1S/C21H20ClN3O4/c1-4-28-21(27)19-12(2)18(13(3)24-19)20(26)25-23-11-16-9-10-17(29-16)14-5-7-15(22)8-6-14/h5-11,24H,4H2,1-3H3,(H,25,26). The highest BCUT2D eigenvalue weighted by Gasteiger charge is 2.22. The highest BCUT2D eigenvalue weighted by Crippen LogP contribution is 2.23. The Labute approximate surface area is 172 Å². The van der Waals surface area contributed by atoms with E-state index in [9.17, 15) is 9.59 Å². The van der Waals surface area contributed by atoms with Crippen molar-refractivity contribution in [2.24, 2.45) is 5.10 Å². The van der Waals surface area contributed by atoms with E-state index in [0.717, 1.165) is 5.56 Å². The highest BCUT2D eigenvalue weighted by atomic mass is 35.5. The van der Waals surface area contributed by atoms with Crippen molar-refractivity contribution in [2.75, 3.05) is 6.61 Å². The summed E-state index contributed by atoms with van der Waals surface area (Å²) in [4.78, 5) is 27.3. The fourth-order valence-corrected chi connectivity index (χ4v) is 3.03. The van der Waals surface area contributed by atoms with Crippen LogP contribution in [-0.4, -0.2) is 29.7 Å². The SMILES string of the molecule is CCOC(=O)c1[nH]c(C)c(C(=O)NN=Cc2ccc(-c3ccc(Cl)cc3)o2)c1C. The quantitative estimate of drug-likeness (QED) is 0.353. The molecular weight excluding hydrogens is 394 g/mol. The van der Waals surface area contributed by atoms with Crippen molar-refractivity contribution in [3.63, 3.8) is 0 Å². The maximum Gasteiger partial charge on any atom is 0.355 e. The van der Waals surface area contributed by atoms with E-state index in [4.69, 9.17) is 20.8 Å². The molecule has 0 bridgehead atoms. The average molecular weight is 414 g/mol. The molecule has 3 aromatic rings. The largest absolute Gasteiger partial charge is 0.461 e. The van der Waals surface area contributed by atoms with Crippen LogP contribution in [0.4, 0.5) is 0 Å². The first-order valence-electron chi connectivity index (χ1n) is 8.96. The van der Waals surface area contributed by atoms with Crippen LogP contribution in [0.2, 0.25) is 5.02 Å². The molecule has 8 heteroatoms. The van der Waals surface area contributed by atoms with Crippen molar-refractivity contribution in [1.82, 2.24) is 10.4 Å². The Morgan fingerprint density at radius 2 is 1.93 bits per heavy atom. The molecule has 2 N–H and O–H groups in total. The molecule has 0 saturated heterocycles. The predicted octanol–water partition coefficient (Wildman–Crippen LogP) is 4.49. The van der Waals surface area contributed by atoms with E-state index in [1.807, 2.05) is 12.1 Å². The number of ether oxygens (including phenoxy) is 1. The molecule has 0 aliphatic rings. The van der Waals surface area contributed by atoms with E-state index < -0.39 is 11.9 Å². The minimum Gasteiger partial charge on any atom is -0.461 e. The van der Waals surface area contributed by atoms with Crippen LogP contribution in [0.15, 0.2) is 45.9 Å². The number of carbonyl (C=O) groups is 2. The van der Waals surface area contributed by atoms with Gasteiger partial charge in [-0.25, -0.2) is 10.2 Å². The van der Waals surface area contributed by atoms with Gasteiger partial charge in [-0.3, -0.25) is 4.79 Å². The number of hydrazone groups is 1. The molecule has 0 aliphatic heterocycles. The lowest BCUT2D eigenvalue weighted by Crippen LogP contribution is -2.19. The van der Waals surface area contributed by atoms with Crippen LogP contribution < -0.4 is 5.43 Å². The number of furan rings is 1. The second kappa shape index (κ2) is 8.79. The van der Waals surface area contributed by atoms with E-state index in [2.05, 4.69) is 15.5 Å². The number of carbonyl (C=O) groups excluding carboxylic acids is 2. The third-order valence-electron chi connectivity index (χ3n) is 4.26. The zero-order chi connectivity index (χ0) is 21.0. The number of aryl methyl sites for hydroxylation is 1. The molecule has 0 aliphatic carbocycles. The van der Waals surface area contributed by atoms with Crippen LogP contribution in [0, 0.1) is 13.8 Å². The number of hydrogen-bond donors (Lipinski definition) is 2. The normalized spacial score (nSPS) is 11.0. The molecule has 1 aromatic carbocycles. The first-order valence-corrected chi connectivity index (χ1v) is 9.34. The molecule has 7 nitrogen and oxygen atoms in total. The molecule has 0 unspecified atom stereocenters. The summed E-state index contributed by atoms with van der Waals surface area (Å²) in [6, 6.07) is 10.8. The lowest BCUT2D eigenvalue weighted by Gasteiger charge is -2.02. The fraction of sp³-hybridized carbons (Fsp3) is 0.190. The summed E-state index contributed by atoms with van der Waals surface area (Å²) < 4.78 is 10.7. The van der Waals surface area contributed by atoms with Gasteiger partial charge in [-0.05, 0) is 62.7 Å². The summed E-state index contributed by atoms with van der Waals surface area (Å²) in [6.07, 6.45) is 1.40. The molecular formula is C21H20ClN3O4. The number of esters is 1. The van der Waals surface area contributed by atoms with Gasteiger partial charge in [0.1, 0.15) is 17.2 Å². The summed E-state index contributed by atoms with van der Waals surface area (Å²) in [6.45, 7) is 5.36. The minimum absolute atomic E-state index is 0.253. The van der Waals surface area contributed by atoms with E-state index in [1.165, 1.54) is 6.21 Å². The van der Waals surface area contributed by atoms with Gasteiger partial charge in [0, 0.05) is 16.3 Å². The Bertz CT molecular complexity index is 1060. The van der Waals surface area contributed by atoms with Crippen LogP contribution in [0.5, 0.6) is 0 Å². The maximum atomic E-state index is 12.5. The van der Waals surface area contributed by atoms with Crippen LogP contribution in [0.25, 0.3) is 11.3 Å². The van der Waals surface area contributed by atoms with E-state index in [-0.39, 0.29) is 12.3 Å². The highest BCUT2D eigenvalue weighted by molar-refractivity contribution is 6.30. The number of amides is 1. The van der Waals surface area contributed by atoms with Gasteiger partial charge >= 0.3 is 5.97 Å². The molecule has 0 fully saturated rings. The van der Waals surface area contributed by atoms with Crippen molar-refractivity contribution in [3.8, 4) is 11.3 Å². The zero-order valence-electron chi connectivity index (χ0n) is 16.2.